The Morgan fingerprint density at radius 2 is 2.22 bits per heavy atom. The second-order valence-corrected chi connectivity index (χ2v) is 5.06. The number of carbonyl (C=O) groups is 2. The molecule has 0 aromatic heterocycles. The number of imide groups is 1. The van der Waals surface area contributed by atoms with Gasteiger partial charge in [-0.3, -0.25) is 10.1 Å². The second kappa shape index (κ2) is 6.15. The summed E-state index contributed by atoms with van der Waals surface area (Å²) in [7, 11) is 1.45. The number of hydrogen-bond donors (Lipinski definition) is 3. The van der Waals surface area contributed by atoms with Crippen LogP contribution in [-0.2, 0) is 9.53 Å². The number of nitrogens with two attached hydrogens (primary N) is 1. The lowest BCUT2D eigenvalue weighted by molar-refractivity contribution is -0.143. The minimum atomic E-state index is -0.684. The van der Waals surface area contributed by atoms with Crippen molar-refractivity contribution in [3.63, 3.8) is 0 Å². The second-order valence-electron chi connectivity index (χ2n) is 5.06. The Morgan fingerprint density at radius 1 is 1.56 bits per heavy atom. The van der Waals surface area contributed by atoms with Crippen LogP contribution in [0.3, 0.4) is 0 Å². The molecule has 104 valence electrons. The Hall–Kier alpha value is -1.14. The highest BCUT2D eigenvalue weighted by molar-refractivity contribution is 5.96. The molecule has 4 N–H and O–H groups in total. The standard InChI is InChI=1S/C12H23N3O3/c1-8-4-5-12(6-8,7-13)18-9(2)10(16)15-11(17)14-3/h8-9H,4-7,13H2,1-3H3,(H2,14,15,16,17). The van der Waals surface area contributed by atoms with E-state index in [9.17, 15) is 9.59 Å². The summed E-state index contributed by atoms with van der Waals surface area (Å²) in [5.74, 6) is 0.115. The van der Waals surface area contributed by atoms with E-state index < -0.39 is 23.6 Å². The quantitative estimate of drug-likeness (QED) is 0.678. The summed E-state index contributed by atoms with van der Waals surface area (Å²) < 4.78 is 5.81. The minimum Gasteiger partial charge on any atom is -0.361 e. The molecule has 6 heteroatoms. The molecule has 0 heterocycles. The van der Waals surface area contributed by atoms with Crippen LogP contribution in [0.15, 0.2) is 0 Å². The Morgan fingerprint density at radius 3 is 2.67 bits per heavy atom. The summed E-state index contributed by atoms with van der Waals surface area (Å²) in [6.45, 7) is 4.18. The van der Waals surface area contributed by atoms with Crippen LogP contribution in [0.2, 0.25) is 0 Å². The molecule has 0 aromatic carbocycles. The summed E-state index contributed by atoms with van der Waals surface area (Å²) in [4.78, 5) is 22.7. The predicted molar refractivity (Wildman–Crippen MR) is 67.9 cm³/mol. The molecule has 0 saturated heterocycles. The van der Waals surface area contributed by atoms with Gasteiger partial charge in [0.15, 0.2) is 0 Å². The van der Waals surface area contributed by atoms with Crippen LogP contribution in [0.1, 0.15) is 33.1 Å². The molecule has 1 fully saturated rings. The summed E-state index contributed by atoms with van der Waals surface area (Å²) >= 11 is 0. The zero-order valence-electron chi connectivity index (χ0n) is 11.3. The maximum absolute atomic E-state index is 11.7. The summed E-state index contributed by atoms with van der Waals surface area (Å²) in [5.41, 5.74) is 5.35. The van der Waals surface area contributed by atoms with Gasteiger partial charge in [-0.2, -0.15) is 0 Å². The van der Waals surface area contributed by atoms with E-state index >= 15 is 0 Å². The lowest BCUT2D eigenvalue weighted by Crippen LogP contribution is -2.48. The van der Waals surface area contributed by atoms with Gasteiger partial charge in [0.2, 0.25) is 0 Å². The van der Waals surface area contributed by atoms with Gasteiger partial charge >= 0.3 is 6.03 Å². The molecular weight excluding hydrogens is 234 g/mol. The average molecular weight is 257 g/mol. The highest BCUT2D eigenvalue weighted by atomic mass is 16.5. The molecule has 3 unspecified atom stereocenters. The Bertz CT molecular complexity index is 322. The van der Waals surface area contributed by atoms with Gasteiger partial charge in [-0.25, -0.2) is 4.79 Å². The fraction of sp³-hybridized carbons (Fsp3) is 0.833. The van der Waals surface area contributed by atoms with Crippen molar-refractivity contribution in [3.8, 4) is 0 Å². The van der Waals surface area contributed by atoms with Gasteiger partial charge in [0.25, 0.3) is 5.91 Å². The van der Waals surface area contributed by atoms with Crippen LogP contribution in [0.5, 0.6) is 0 Å². The van der Waals surface area contributed by atoms with Gasteiger partial charge in [-0.15, -0.1) is 0 Å². The number of ether oxygens (including phenoxy) is 1. The lowest BCUT2D eigenvalue weighted by Gasteiger charge is -2.31. The van der Waals surface area contributed by atoms with Gasteiger partial charge in [-0.05, 0) is 32.1 Å². The fourth-order valence-electron chi connectivity index (χ4n) is 2.39. The van der Waals surface area contributed by atoms with E-state index in [1.807, 2.05) is 0 Å². The topological polar surface area (TPSA) is 93.5 Å². The van der Waals surface area contributed by atoms with Crippen LogP contribution in [0, 0.1) is 5.92 Å². The molecule has 18 heavy (non-hydrogen) atoms. The molecule has 3 amide bonds. The third-order valence-corrected chi connectivity index (χ3v) is 3.45. The van der Waals surface area contributed by atoms with Crippen molar-refractivity contribution < 1.29 is 14.3 Å². The van der Waals surface area contributed by atoms with Crippen LogP contribution >= 0.6 is 0 Å². The smallest absolute Gasteiger partial charge is 0.321 e. The van der Waals surface area contributed by atoms with Crippen molar-refractivity contribution in [2.75, 3.05) is 13.6 Å². The van der Waals surface area contributed by atoms with Crippen LogP contribution in [-0.4, -0.2) is 37.2 Å². The van der Waals surface area contributed by atoms with Gasteiger partial charge in [-0.1, -0.05) is 6.92 Å². The van der Waals surface area contributed by atoms with Gasteiger partial charge < -0.3 is 15.8 Å². The molecule has 1 aliphatic carbocycles. The SMILES string of the molecule is CNC(=O)NC(=O)C(C)OC1(CN)CCC(C)C1. The van der Waals surface area contributed by atoms with Crippen molar-refractivity contribution in [1.82, 2.24) is 10.6 Å². The highest BCUT2D eigenvalue weighted by Gasteiger charge is 2.39. The van der Waals surface area contributed by atoms with E-state index in [0.29, 0.717) is 12.5 Å². The molecule has 1 rings (SSSR count). The van der Waals surface area contributed by atoms with E-state index in [4.69, 9.17) is 10.5 Å². The minimum absolute atomic E-state index is 0.398. The maximum atomic E-state index is 11.7. The van der Waals surface area contributed by atoms with Crippen LogP contribution < -0.4 is 16.4 Å². The number of nitrogens with one attached hydrogen (secondary N) is 2. The van der Waals surface area contributed by atoms with Crippen molar-refractivity contribution in [2.45, 2.75) is 44.8 Å². The molecule has 0 bridgehead atoms. The highest BCUT2D eigenvalue weighted by Crippen LogP contribution is 2.37. The first-order chi connectivity index (χ1) is 8.42. The number of carbonyl (C=O) groups excluding carboxylic acids is 2. The molecule has 3 atom stereocenters. The number of rotatable bonds is 4. The third kappa shape index (κ3) is 3.68. The Balaban J connectivity index is 2.54. The van der Waals surface area contributed by atoms with Crippen molar-refractivity contribution in [2.24, 2.45) is 11.7 Å². The normalized spacial score (nSPS) is 28.8. The third-order valence-electron chi connectivity index (χ3n) is 3.45. The first kappa shape index (κ1) is 14.9. The molecular formula is C12H23N3O3. The molecule has 0 spiro atoms. The lowest BCUT2D eigenvalue weighted by atomic mass is 10.0. The largest absolute Gasteiger partial charge is 0.361 e. The summed E-state index contributed by atoms with van der Waals surface area (Å²) in [6.07, 6.45) is 2.10. The summed E-state index contributed by atoms with van der Waals surface area (Å²) in [6, 6.07) is -0.531. The zero-order chi connectivity index (χ0) is 13.8. The number of hydrogen-bond acceptors (Lipinski definition) is 4. The van der Waals surface area contributed by atoms with E-state index in [2.05, 4.69) is 17.6 Å². The van der Waals surface area contributed by atoms with E-state index in [0.717, 1.165) is 19.3 Å². The van der Waals surface area contributed by atoms with Crippen LogP contribution in [0.25, 0.3) is 0 Å². The van der Waals surface area contributed by atoms with Crippen molar-refractivity contribution >= 4 is 11.9 Å². The van der Waals surface area contributed by atoms with E-state index in [1.54, 1.807) is 6.92 Å². The van der Waals surface area contributed by atoms with Crippen molar-refractivity contribution in [3.05, 3.63) is 0 Å². The molecule has 0 aromatic rings. The van der Waals surface area contributed by atoms with Crippen LogP contribution in [0.4, 0.5) is 4.79 Å². The first-order valence-corrected chi connectivity index (χ1v) is 6.33. The molecule has 1 saturated carbocycles. The Kier molecular flexibility index (Phi) is 5.10. The molecule has 6 nitrogen and oxygen atoms in total. The van der Waals surface area contributed by atoms with Gasteiger partial charge in [0.05, 0.1) is 5.60 Å². The Labute approximate surface area is 108 Å². The average Bonchev–Trinajstić information content (AvgIpc) is 2.71. The number of urea groups is 1. The monoisotopic (exact) mass is 257 g/mol. The molecule has 0 radical (unpaired) electrons. The maximum Gasteiger partial charge on any atom is 0.321 e. The van der Waals surface area contributed by atoms with E-state index in [1.165, 1.54) is 7.05 Å². The first-order valence-electron chi connectivity index (χ1n) is 6.33. The molecule has 0 aliphatic heterocycles. The summed E-state index contributed by atoms with van der Waals surface area (Å²) in [5, 5.41) is 4.52. The zero-order valence-corrected chi connectivity index (χ0v) is 11.3. The van der Waals surface area contributed by atoms with Crippen molar-refractivity contribution in [1.29, 1.82) is 0 Å². The number of amides is 3. The van der Waals surface area contributed by atoms with Gasteiger partial charge in [0.1, 0.15) is 6.10 Å². The van der Waals surface area contributed by atoms with Gasteiger partial charge in [0, 0.05) is 13.6 Å². The molecule has 1 aliphatic rings. The fourth-order valence-corrected chi connectivity index (χ4v) is 2.39. The van der Waals surface area contributed by atoms with E-state index in [-0.39, 0.29) is 0 Å². The predicted octanol–water partition coefficient (Wildman–Crippen LogP) is 0.365.